The molecular formula is C32H32N2. The highest BCUT2D eigenvalue weighted by atomic mass is 15.5. The van der Waals surface area contributed by atoms with Crippen molar-refractivity contribution >= 4 is 5.69 Å². The van der Waals surface area contributed by atoms with E-state index in [9.17, 15) is 1.37 Å². The Bertz CT molecular complexity index is 1380. The van der Waals surface area contributed by atoms with Gasteiger partial charge < -0.3 is 4.90 Å². The Morgan fingerprint density at radius 3 is 1.94 bits per heavy atom. The molecule has 34 heavy (non-hydrogen) atoms. The van der Waals surface area contributed by atoms with E-state index in [0.29, 0.717) is 0 Å². The molecule has 0 spiro atoms. The number of rotatable bonds is 3. The van der Waals surface area contributed by atoms with Crippen LogP contribution >= 0.6 is 0 Å². The Morgan fingerprint density at radius 1 is 0.647 bits per heavy atom. The molecule has 2 heterocycles. The largest absolute Gasteiger partial charge is 0.347 e. The van der Waals surface area contributed by atoms with E-state index in [1.807, 2.05) is 6.07 Å². The lowest BCUT2D eigenvalue weighted by molar-refractivity contribution is 0.174. The summed E-state index contributed by atoms with van der Waals surface area (Å²) in [4.78, 5) is 5.07. The van der Waals surface area contributed by atoms with Gasteiger partial charge in [-0.2, -0.15) is 0 Å². The van der Waals surface area contributed by atoms with E-state index in [2.05, 4.69) is 128 Å². The quantitative estimate of drug-likeness (QED) is 0.319. The van der Waals surface area contributed by atoms with Gasteiger partial charge in [0.05, 0.1) is 13.4 Å². The third-order valence-electron chi connectivity index (χ3n) is 7.76. The monoisotopic (exact) mass is 445 g/mol. The van der Waals surface area contributed by atoms with Crippen LogP contribution in [0.4, 0.5) is 5.69 Å². The van der Waals surface area contributed by atoms with Crippen molar-refractivity contribution in [2.45, 2.75) is 52.0 Å². The van der Waals surface area contributed by atoms with Crippen LogP contribution in [0.15, 0.2) is 97.1 Å². The molecule has 4 aromatic carbocycles. The fourth-order valence-corrected chi connectivity index (χ4v) is 6.29. The molecule has 3 unspecified atom stereocenters. The summed E-state index contributed by atoms with van der Waals surface area (Å²) in [6.45, 7) is 8.97. The van der Waals surface area contributed by atoms with E-state index >= 15 is 0 Å². The molecule has 0 bridgehead atoms. The van der Waals surface area contributed by atoms with Gasteiger partial charge in [-0.1, -0.05) is 91.0 Å². The van der Waals surface area contributed by atoms with Crippen LogP contribution in [0.1, 0.15) is 65.5 Å². The lowest BCUT2D eigenvalue weighted by atomic mass is 9.93. The molecule has 2 aliphatic rings. The highest BCUT2D eigenvalue weighted by Crippen LogP contribution is 2.59. The lowest BCUT2D eigenvalue weighted by Gasteiger charge is -2.38. The maximum absolute atomic E-state index is 10.2. The minimum absolute atomic E-state index is 0.0672. The summed E-state index contributed by atoms with van der Waals surface area (Å²) in [7, 11) is 0. The van der Waals surface area contributed by atoms with Crippen molar-refractivity contribution in [3.8, 4) is 0 Å². The van der Waals surface area contributed by atoms with Gasteiger partial charge in [-0.15, -0.1) is 0 Å². The summed E-state index contributed by atoms with van der Waals surface area (Å²) in [6.07, 6.45) is -0.0672. The molecule has 0 amide bonds. The first kappa shape index (κ1) is 20.1. The molecule has 1 saturated heterocycles. The van der Waals surface area contributed by atoms with Gasteiger partial charge in [-0.05, 0) is 72.7 Å². The van der Waals surface area contributed by atoms with Gasteiger partial charge in [0, 0.05) is 11.7 Å². The SMILES string of the molecule is [2H]C1(c2ccccc2)c2ccccc2C2[C@H](C)N(c3ccccc3C)C(c3c(C)cccc3C)N21. The number of hydrogen-bond donors (Lipinski definition) is 0. The molecule has 0 aromatic heterocycles. The lowest BCUT2D eigenvalue weighted by Crippen LogP contribution is -2.36. The molecule has 1 fully saturated rings. The number of benzene rings is 4. The van der Waals surface area contributed by atoms with Crippen LogP contribution in [0.5, 0.6) is 0 Å². The van der Waals surface area contributed by atoms with E-state index in [1.165, 1.54) is 33.5 Å². The van der Waals surface area contributed by atoms with Crippen LogP contribution < -0.4 is 4.90 Å². The standard InChI is InChI=1S/C32H32N2/c1-21-13-8-11-20-28(21)33-24(4)30-26-18-9-10-19-27(26)31(25-16-6-5-7-17-25)34(30)32(33)29-22(2)14-12-15-23(29)3/h5-20,24,30-32H,1-4H3/t24-,30?,31?,32?/m0/s1/i31D. The van der Waals surface area contributed by atoms with Crippen molar-refractivity contribution in [3.05, 3.63) is 136 Å². The second kappa shape index (κ2) is 8.14. The smallest absolute Gasteiger partial charge is 0.110 e. The van der Waals surface area contributed by atoms with Crippen molar-refractivity contribution < 1.29 is 1.37 Å². The van der Waals surface area contributed by atoms with Crippen molar-refractivity contribution in [1.82, 2.24) is 4.90 Å². The van der Waals surface area contributed by atoms with Crippen LogP contribution in [-0.2, 0) is 0 Å². The van der Waals surface area contributed by atoms with E-state index in [-0.39, 0.29) is 18.2 Å². The highest BCUT2D eigenvalue weighted by molar-refractivity contribution is 5.61. The predicted molar refractivity (Wildman–Crippen MR) is 141 cm³/mol. The Hall–Kier alpha value is -3.36. The summed E-state index contributed by atoms with van der Waals surface area (Å²) in [6, 6.07) is 33.6. The molecule has 2 nitrogen and oxygen atoms in total. The zero-order valence-electron chi connectivity index (χ0n) is 21.4. The van der Waals surface area contributed by atoms with Gasteiger partial charge in [-0.25, -0.2) is 0 Å². The fourth-order valence-electron chi connectivity index (χ4n) is 6.29. The normalized spacial score (nSPS) is 26.3. The van der Waals surface area contributed by atoms with Crippen molar-refractivity contribution in [2.75, 3.05) is 4.90 Å². The Balaban J connectivity index is 1.68. The molecule has 4 aromatic rings. The number of fused-ring (bicyclic) bond motifs is 3. The van der Waals surface area contributed by atoms with Crippen molar-refractivity contribution in [3.63, 3.8) is 0 Å². The maximum atomic E-state index is 10.2. The molecule has 0 N–H and O–H groups in total. The zero-order valence-corrected chi connectivity index (χ0v) is 20.4. The van der Waals surface area contributed by atoms with Crippen LogP contribution in [0, 0.1) is 20.8 Å². The molecule has 170 valence electrons. The predicted octanol–water partition coefficient (Wildman–Crippen LogP) is 7.67. The topological polar surface area (TPSA) is 6.48 Å². The van der Waals surface area contributed by atoms with Crippen LogP contribution in [0.3, 0.4) is 0 Å². The zero-order chi connectivity index (χ0) is 24.3. The van der Waals surface area contributed by atoms with Crippen LogP contribution in [0.25, 0.3) is 0 Å². The van der Waals surface area contributed by atoms with Gasteiger partial charge in [0.25, 0.3) is 0 Å². The van der Waals surface area contributed by atoms with Gasteiger partial charge in [-0.3, -0.25) is 4.90 Å². The van der Waals surface area contributed by atoms with Crippen LogP contribution in [-0.4, -0.2) is 10.9 Å². The summed E-state index contributed by atoms with van der Waals surface area (Å²) in [5, 5.41) is 0. The Kier molecular flexibility index (Phi) is 4.80. The average Bonchev–Trinajstić information content (AvgIpc) is 3.31. The first-order valence-corrected chi connectivity index (χ1v) is 12.3. The molecule has 4 atom stereocenters. The van der Waals surface area contributed by atoms with E-state index in [1.54, 1.807) is 0 Å². The number of hydrogen-bond acceptors (Lipinski definition) is 2. The van der Waals surface area contributed by atoms with Gasteiger partial charge in [0.15, 0.2) is 0 Å². The van der Waals surface area contributed by atoms with E-state index in [0.717, 1.165) is 11.1 Å². The second-order valence-electron chi connectivity index (χ2n) is 9.77. The molecule has 0 radical (unpaired) electrons. The second-order valence-corrected chi connectivity index (χ2v) is 9.77. The summed E-state index contributed by atoms with van der Waals surface area (Å²) in [5.74, 6) is 0. The Labute approximate surface area is 204 Å². The average molecular weight is 446 g/mol. The van der Waals surface area contributed by atoms with E-state index < -0.39 is 6.02 Å². The molecule has 6 rings (SSSR count). The number of aryl methyl sites for hydroxylation is 3. The first-order chi connectivity index (χ1) is 16.9. The first-order valence-electron chi connectivity index (χ1n) is 12.8. The van der Waals surface area contributed by atoms with E-state index in [4.69, 9.17) is 0 Å². The molecular weight excluding hydrogens is 412 g/mol. The molecule has 2 heteroatoms. The summed E-state index contributed by atoms with van der Waals surface area (Å²) < 4.78 is 10.2. The third-order valence-corrected chi connectivity index (χ3v) is 7.76. The number of nitrogens with zero attached hydrogens (tertiary/aromatic N) is 2. The Morgan fingerprint density at radius 2 is 1.24 bits per heavy atom. The minimum Gasteiger partial charge on any atom is -0.347 e. The fraction of sp³-hybridized carbons (Fsp3) is 0.250. The van der Waals surface area contributed by atoms with Crippen molar-refractivity contribution in [2.24, 2.45) is 0 Å². The summed E-state index contributed by atoms with van der Waals surface area (Å²) in [5.41, 5.74) is 9.75. The number of anilines is 1. The van der Waals surface area contributed by atoms with Gasteiger partial charge in [0.1, 0.15) is 6.17 Å². The number of para-hydroxylation sites is 1. The van der Waals surface area contributed by atoms with Gasteiger partial charge in [0.2, 0.25) is 0 Å². The molecule has 0 saturated carbocycles. The molecule has 2 aliphatic heterocycles. The van der Waals surface area contributed by atoms with Crippen LogP contribution in [0.2, 0.25) is 0 Å². The highest BCUT2D eigenvalue weighted by Gasteiger charge is 2.55. The summed E-state index contributed by atoms with van der Waals surface area (Å²) >= 11 is 0. The third kappa shape index (κ3) is 3.05. The maximum Gasteiger partial charge on any atom is 0.110 e. The van der Waals surface area contributed by atoms with Crippen molar-refractivity contribution in [1.29, 1.82) is 0 Å². The molecule has 0 aliphatic carbocycles. The minimum atomic E-state index is -0.992. The van der Waals surface area contributed by atoms with Gasteiger partial charge >= 0.3 is 0 Å².